The van der Waals surface area contributed by atoms with E-state index in [4.69, 9.17) is 0 Å². The van der Waals surface area contributed by atoms with Gasteiger partial charge in [0.05, 0.1) is 0 Å². The topological polar surface area (TPSA) is 0 Å². The molecule has 0 heterocycles. The fourth-order valence-electron chi connectivity index (χ4n) is 7.30. The van der Waals surface area contributed by atoms with Gasteiger partial charge in [0.1, 0.15) is 0 Å². The molecule has 0 heteroatoms. The van der Waals surface area contributed by atoms with Gasteiger partial charge in [0.25, 0.3) is 0 Å². The van der Waals surface area contributed by atoms with Gasteiger partial charge in [0.15, 0.2) is 0 Å². The van der Waals surface area contributed by atoms with Crippen LogP contribution in [0.15, 0.2) is 169 Å². The Bertz CT molecular complexity index is 1900. The zero-order valence-electron chi connectivity index (χ0n) is 23.0. The highest BCUT2D eigenvalue weighted by molar-refractivity contribution is 6.29. The van der Waals surface area contributed by atoms with Gasteiger partial charge in [-0.1, -0.05) is 158 Å². The molecule has 0 amide bonds. The Morgan fingerprint density at radius 2 is 0.405 bits per heavy atom. The first-order chi connectivity index (χ1) is 20.9. The van der Waals surface area contributed by atoms with E-state index in [1.165, 1.54) is 89.1 Å². The number of benzene rings is 6. The maximum absolute atomic E-state index is 2.31. The molecule has 0 N–H and O–H groups in total. The summed E-state index contributed by atoms with van der Waals surface area (Å²) in [4.78, 5) is 0. The highest BCUT2D eigenvalue weighted by Gasteiger charge is 2.41. The molecule has 0 aliphatic heterocycles. The Morgan fingerprint density at radius 1 is 0.167 bits per heavy atom. The van der Waals surface area contributed by atoms with Crippen molar-refractivity contribution in [2.45, 2.75) is 0 Å². The van der Waals surface area contributed by atoms with Crippen LogP contribution < -0.4 is 0 Å². The van der Waals surface area contributed by atoms with Crippen LogP contribution in [0.2, 0.25) is 0 Å². The predicted octanol–water partition coefficient (Wildman–Crippen LogP) is 10.6. The monoisotopic (exact) mass is 530 g/mol. The van der Waals surface area contributed by atoms with Crippen molar-refractivity contribution >= 4 is 22.3 Å². The molecule has 0 fully saturated rings. The van der Waals surface area contributed by atoms with E-state index < -0.39 is 0 Å². The third-order valence-corrected chi connectivity index (χ3v) is 8.99. The molecular weight excluding hydrogens is 504 g/mol. The average molecular weight is 531 g/mol. The third kappa shape index (κ3) is 3.18. The highest BCUT2D eigenvalue weighted by Crippen LogP contribution is 2.62. The molecule has 194 valence electrons. The van der Waals surface area contributed by atoms with Gasteiger partial charge in [0, 0.05) is 0 Å². The molecular formula is C42H26. The minimum absolute atomic E-state index is 1.25. The maximum Gasteiger partial charge on any atom is -0.0000936 e. The number of hydrogen-bond donors (Lipinski definition) is 0. The number of rotatable bonds is 2. The SMILES string of the molecule is c1ccc(C2=C(c3ccccc3)C(=C3c4ccccc4-c4ccccc43)C2=C2c3ccccc3-c3ccccc32)cc1. The smallest absolute Gasteiger partial charge is 0.0000936 e. The van der Waals surface area contributed by atoms with Gasteiger partial charge in [0.2, 0.25) is 0 Å². The second kappa shape index (κ2) is 9.03. The molecule has 0 unspecified atom stereocenters. The van der Waals surface area contributed by atoms with Gasteiger partial charge in [-0.3, -0.25) is 0 Å². The summed E-state index contributed by atoms with van der Waals surface area (Å²) < 4.78 is 0. The van der Waals surface area contributed by atoms with E-state index in [1.54, 1.807) is 0 Å². The Morgan fingerprint density at radius 3 is 0.690 bits per heavy atom. The normalized spacial score (nSPS) is 14.4. The van der Waals surface area contributed by atoms with Gasteiger partial charge >= 0.3 is 0 Å². The minimum Gasteiger partial charge on any atom is -0.0622 e. The Labute approximate surface area is 246 Å². The van der Waals surface area contributed by atoms with Crippen molar-refractivity contribution in [3.05, 3.63) is 202 Å². The first kappa shape index (κ1) is 23.3. The van der Waals surface area contributed by atoms with E-state index in [-0.39, 0.29) is 0 Å². The molecule has 0 bridgehead atoms. The lowest BCUT2D eigenvalue weighted by Crippen LogP contribution is -2.16. The summed E-state index contributed by atoms with van der Waals surface area (Å²) in [6.07, 6.45) is 0. The predicted molar refractivity (Wildman–Crippen MR) is 175 cm³/mol. The molecule has 6 aromatic carbocycles. The summed E-state index contributed by atoms with van der Waals surface area (Å²) in [5, 5.41) is 0. The fraction of sp³-hybridized carbons (Fsp3) is 0. The van der Waals surface area contributed by atoms with E-state index >= 15 is 0 Å². The second-order valence-electron chi connectivity index (χ2n) is 11.2. The molecule has 3 aliphatic rings. The van der Waals surface area contributed by atoms with Gasteiger partial charge in [-0.05, 0) is 89.1 Å². The summed E-state index contributed by atoms with van der Waals surface area (Å²) in [6, 6.07) is 57.6. The van der Waals surface area contributed by atoms with Crippen LogP contribution in [-0.4, -0.2) is 0 Å². The van der Waals surface area contributed by atoms with Crippen molar-refractivity contribution in [1.82, 2.24) is 0 Å². The lowest BCUT2D eigenvalue weighted by Gasteiger charge is -2.36. The average Bonchev–Trinajstić information content (AvgIpc) is 3.55. The third-order valence-electron chi connectivity index (χ3n) is 8.99. The van der Waals surface area contributed by atoms with Crippen molar-refractivity contribution < 1.29 is 0 Å². The second-order valence-corrected chi connectivity index (χ2v) is 11.2. The van der Waals surface area contributed by atoms with Crippen LogP contribution in [0.3, 0.4) is 0 Å². The van der Waals surface area contributed by atoms with Crippen molar-refractivity contribution in [3.63, 3.8) is 0 Å². The number of hydrogen-bond acceptors (Lipinski definition) is 0. The molecule has 0 radical (unpaired) electrons. The molecule has 42 heavy (non-hydrogen) atoms. The summed E-state index contributed by atoms with van der Waals surface area (Å²) in [5.74, 6) is 0. The molecule has 0 nitrogen and oxygen atoms in total. The summed E-state index contributed by atoms with van der Waals surface area (Å²) in [6.45, 7) is 0. The Kier molecular flexibility index (Phi) is 5.00. The van der Waals surface area contributed by atoms with Crippen LogP contribution in [0.1, 0.15) is 33.4 Å². The van der Waals surface area contributed by atoms with Crippen LogP contribution in [0, 0.1) is 0 Å². The molecule has 0 spiro atoms. The van der Waals surface area contributed by atoms with Crippen molar-refractivity contribution in [3.8, 4) is 22.3 Å². The van der Waals surface area contributed by atoms with E-state index in [2.05, 4.69) is 158 Å². The van der Waals surface area contributed by atoms with Gasteiger partial charge < -0.3 is 0 Å². The highest BCUT2D eigenvalue weighted by atomic mass is 14.4. The first-order valence-electron chi connectivity index (χ1n) is 14.6. The summed E-state index contributed by atoms with van der Waals surface area (Å²) in [7, 11) is 0. The van der Waals surface area contributed by atoms with Gasteiger partial charge in [-0.25, -0.2) is 0 Å². The van der Waals surface area contributed by atoms with Crippen LogP contribution in [-0.2, 0) is 0 Å². The molecule has 0 saturated heterocycles. The van der Waals surface area contributed by atoms with Crippen molar-refractivity contribution in [1.29, 1.82) is 0 Å². The number of allylic oxidation sites excluding steroid dienone is 4. The molecule has 0 aromatic heterocycles. The summed E-state index contributed by atoms with van der Waals surface area (Å²) in [5.41, 5.74) is 21.0. The van der Waals surface area contributed by atoms with Crippen LogP contribution in [0.5, 0.6) is 0 Å². The zero-order chi connectivity index (χ0) is 27.6. The van der Waals surface area contributed by atoms with E-state index in [9.17, 15) is 0 Å². The van der Waals surface area contributed by atoms with Crippen LogP contribution >= 0.6 is 0 Å². The quantitative estimate of drug-likeness (QED) is 0.208. The fourth-order valence-corrected chi connectivity index (χ4v) is 7.30. The summed E-state index contributed by atoms with van der Waals surface area (Å²) >= 11 is 0. The van der Waals surface area contributed by atoms with E-state index in [0.717, 1.165) is 0 Å². The van der Waals surface area contributed by atoms with E-state index in [1.807, 2.05) is 0 Å². The lowest BCUT2D eigenvalue weighted by molar-refractivity contribution is 1.41. The van der Waals surface area contributed by atoms with Gasteiger partial charge in [-0.15, -0.1) is 0 Å². The molecule has 0 atom stereocenters. The molecule has 0 saturated carbocycles. The maximum atomic E-state index is 2.31. The lowest BCUT2D eigenvalue weighted by atomic mass is 9.66. The Hall–Kier alpha value is -5.46. The van der Waals surface area contributed by atoms with Crippen molar-refractivity contribution in [2.75, 3.05) is 0 Å². The van der Waals surface area contributed by atoms with E-state index in [0.29, 0.717) is 0 Å². The largest absolute Gasteiger partial charge is 0.0622 e. The van der Waals surface area contributed by atoms with Crippen LogP contribution in [0.25, 0.3) is 44.5 Å². The molecule has 9 rings (SSSR count). The zero-order valence-corrected chi connectivity index (χ0v) is 23.0. The minimum atomic E-state index is 1.25. The standard InChI is InChI=1S/C42H26/c1-3-15-27(16-4-1)37-38(28-17-5-2-6-18-28)42(40-35-25-13-9-21-31(35)32-22-10-14-26-36(32)40)41(37)39-33-23-11-7-19-29(33)30-20-8-12-24-34(30)39/h1-26H. The van der Waals surface area contributed by atoms with Crippen molar-refractivity contribution in [2.24, 2.45) is 0 Å². The van der Waals surface area contributed by atoms with Gasteiger partial charge in [-0.2, -0.15) is 0 Å². The number of fused-ring (bicyclic) bond motifs is 6. The first-order valence-corrected chi connectivity index (χ1v) is 14.6. The van der Waals surface area contributed by atoms with Crippen LogP contribution in [0.4, 0.5) is 0 Å². The molecule has 6 aromatic rings. The Balaban J connectivity index is 1.51. The molecule has 3 aliphatic carbocycles.